The topological polar surface area (TPSA) is 45.0 Å². The van der Waals surface area contributed by atoms with Crippen molar-refractivity contribution in [3.05, 3.63) is 59.6 Å². The van der Waals surface area contributed by atoms with Crippen molar-refractivity contribution < 1.29 is 9.36 Å². The first-order chi connectivity index (χ1) is 8.75. The first-order valence-electron chi connectivity index (χ1n) is 5.47. The zero-order valence-electron chi connectivity index (χ0n) is 9.80. The number of pyridine rings is 1. The van der Waals surface area contributed by atoms with Gasteiger partial charge in [-0.2, -0.15) is 4.57 Å². The van der Waals surface area contributed by atoms with Crippen molar-refractivity contribution in [2.24, 2.45) is 0 Å². The third-order valence-electron chi connectivity index (χ3n) is 2.27. The van der Waals surface area contributed by atoms with Crippen LogP contribution in [0.25, 0.3) is 5.70 Å². The third kappa shape index (κ3) is 3.43. The Morgan fingerprint density at radius 1 is 1.22 bits per heavy atom. The van der Waals surface area contributed by atoms with Gasteiger partial charge in [-0.05, 0) is 11.4 Å². The summed E-state index contributed by atoms with van der Waals surface area (Å²) in [5.41, 5.74) is 6.12. The highest BCUT2D eigenvalue weighted by molar-refractivity contribution is 7.11. The monoisotopic (exact) mass is 260 g/mol. The van der Waals surface area contributed by atoms with Crippen LogP contribution >= 0.6 is 11.3 Å². The average molecular weight is 260 g/mol. The molecule has 2 aromatic heterocycles. The van der Waals surface area contributed by atoms with Gasteiger partial charge in [0.05, 0.1) is 10.6 Å². The molecule has 92 valence electrons. The summed E-state index contributed by atoms with van der Waals surface area (Å²) in [6.07, 6.45) is 3.68. The Morgan fingerprint density at radius 2 is 2.00 bits per heavy atom. The molecule has 1 amide bonds. The second-order valence-electron chi connectivity index (χ2n) is 3.68. The maximum absolute atomic E-state index is 11.7. The van der Waals surface area contributed by atoms with E-state index in [9.17, 15) is 4.79 Å². The van der Waals surface area contributed by atoms with E-state index in [0.29, 0.717) is 5.70 Å². The lowest BCUT2D eigenvalue weighted by molar-refractivity contribution is -0.684. The van der Waals surface area contributed by atoms with Crippen LogP contribution in [0.3, 0.4) is 0 Å². The number of carbonyl (C=O) groups is 1. The molecular formula is C13H14N3OS+. The predicted octanol–water partition coefficient (Wildman–Crippen LogP) is 1.33. The van der Waals surface area contributed by atoms with Crippen LogP contribution in [0.2, 0.25) is 0 Å². The first-order valence-corrected chi connectivity index (χ1v) is 6.35. The van der Waals surface area contributed by atoms with Crippen LogP contribution in [0.5, 0.6) is 0 Å². The maximum Gasteiger partial charge on any atom is 0.304 e. The highest BCUT2D eigenvalue weighted by atomic mass is 32.1. The number of nitrogens with one attached hydrogen (secondary N) is 2. The van der Waals surface area contributed by atoms with E-state index in [2.05, 4.69) is 17.4 Å². The van der Waals surface area contributed by atoms with E-state index >= 15 is 0 Å². The van der Waals surface area contributed by atoms with E-state index in [1.54, 1.807) is 15.9 Å². The number of hydrogen-bond donors (Lipinski definition) is 2. The van der Waals surface area contributed by atoms with Crippen LogP contribution in [0.15, 0.2) is 54.7 Å². The van der Waals surface area contributed by atoms with Gasteiger partial charge in [0.1, 0.15) is 0 Å². The minimum Gasteiger partial charge on any atom is -0.298 e. The molecular weight excluding hydrogens is 246 g/mol. The molecule has 0 atom stereocenters. The Balaban J connectivity index is 1.80. The Bertz CT molecular complexity index is 522. The fraction of sp³-hybridized carbons (Fsp3) is 0.0769. The molecule has 18 heavy (non-hydrogen) atoms. The summed E-state index contributed by atoms with van der Waals surface area (Å²) < 4.78 is 1.80. The minimum absolute atomic E-state index is 0.121. The van der Waals surface area contributed by atoms with Gasteiger partial charge in [-0.1, -0.05) is 18.7 Å². The fourth-order valence-electron chi connectivity index (χ4n) is 1.40. The van der Waals surface area contributed by atoms with Crippen molar-refractivity contribution in [1.29, 1.82) is 0 Å². The van der Waals surface area contributed by atoms with E-state index in [0.717, 1.165) is 4.88 Å². The van der Waals surface area contributed by atoms with Gasteiger partial charge in [-0.25, -0.2) is 0 Å². The molecule has 0 aliphatic carbocycles. The number of amides is 1. The van der Waals surface area contributed by atoms with Gasteiger partial charge in [0.25, 0.3) is 0 Å². The van der Waals surface area contributed by atoms with Crippen LogP contribution in [0.4, 0.5) is 0 Å². The molecule has 0 saturated carbocycles. The smallest absolute Gasteiger partial charge is 0.298 e. The summed E-state index contributed by atoms with van der Waals surface area (Å²) >= 11 is 1.57. The molecule has 0 spiro atoms. The molecule has 2 aromatic rings. The molecule has 4 nitrogen and oxygen atoms in total. The normalized spacial score (nSPS) is 9.78. The van der Waals surface area contributed by atoms with Gasteiger partial charge in [-0.15, -0.1) is 11.3 Å². The van der Waals surface area contributed by atoms with Crippen molar-refractivity contribution in [2.45, 2.75) is 6.54 Å². The van der Waals surface area contributed by atoms with Gasteiger partial charge in [0, 0.05) is 12.1 Å². The van der Waals surface area contributed by atoms with Crippen molar-refractivity contribution in [3.8, 4) is 0 Å². The SMILES string of the molecule is C=C(NNC(=O)C[n+]1ccccc1)c1cccs1. The van der Waals surface area contributed by atoms with Gasteiger partial charge in [-0.3, -0.25) is 15.6 Å². The second kappa shape index (κ2) is 5.97. The fourth-order valence-corrected chi connectivity index (χ4v) is 2.06. The largest absolute Gasteiger partial charge is 0.304 e. The molecule has 2 N–H and O–H groups in total. The number of thiophene rings is 1. The highest BCUT2D eigenvalue weighted by Crippen LogP contribution is 2.14. The number of carbonyl (C=O) groups excluding carboxylic acids is 1. The molecule has 0 fully saturated rings. The highest BCUT2D eigenvalue weighted by Gasteiger charge is 2.08. The van der Waals surface area contributed by atoms with Crippen molar-refractivity contribution in [2.75, 3.05) is 0 Å². The molecule has 0 radical (unpaired) electrons. The second-order valence-corrected chi connectivity index (χ2v) is 4.62. The summed E-state index contributed by atoms with van der Waals surface area (Å²) in [6.45, 7) is 4.12. The standard InChI is InChI=1S/C13H13N3OS/c1-11(12-6-5-9-18-12)14-15-13(17)10-16-7-3-2-4-8-16/h2-9,14H,1,10H2/p+1. The van der Waals surface area contributed by atoms with Gasteiger partial charge < -0.3 is 0 Å². The lowest BCUT2D eigenvalue weighted by atomic mass is 10.4. The first kappa shape index (κ1) is 12.3. The molecule has 0 saturated heterocycles. The zero-order chi connectivity index (χ0) is 12.8. The molecule has 0 aromatic carbocycles. The minimum atomic E-state index is -0.121. The maximum atomic E-state index is 11.7. The predicted molar refractivity (Wildman–Crippen MR) is 71.3 cm³/mol. The summed E-state index contributed by atoms with van der Waals surface area (Å²) in [7, 11) is 0. The van der Waals surface area contributed by atoms with Crippen LogP contribution in [-0.2, 0) is 11.3 Å². The Kier molecular flexibility index (Phi) is 4.09. The molecule has 0 unspecified atom stereocenters. The summed E-state index contributed by atoms with van der Waals surface area (Å²) in [6, 6.07) is 9.55. The quantitative estimate of drug-likeness (QED) is 0.629. The van der Waals surface area contributed by atoms with E-state index in [4.69, 9.17) is 0 Å². The Hall–Kier alpha value is -2.14. The number of rotatable bonds is 5. The third-order valence-corrected chi connectivity index (χ3v) is 3.20. The molecule has 0 bridgehead atoms. The summed E-state index contributed by atoms with van der Waals surface area (Å²) in [4.78, 5) is 12.7. The zero-order valence-corrected chi connectivity index (χ0v) is 10.6. The number of hydrogen-bond acceptors (Lipinski definition) is 3. The van der Waals surface area contributed by atoms with E-state index < -0.39 is 0 Å². The molecule has 0 aliphatic heterocycles. The van der Waals surface area contributed by atoms with Crippen LogP contribution < -0.4 is 15.4 Å². The van der Waals surface area contributed by atoms with Gasteiger partial charge >= 0.3 is 5.91 Å². The summed E-state index contributed by atoms with van der Waals surface area (Å²) in [5.74, 6) is -0.121. The Morgan fingerprint density at radius 3 is 2.67 bits per heavy atom. The number of nitrogens with zero attached hydrogens (tertiary/aromatic N) is 1. The van der Waals surface area contributed by atoms with Crippen LogP contribution in [-0.4, -0.2) is 5.91 Å². The van der Waals surface area contributed by atoms with E-state index in [1.165, 1.54) is 0 Å². The Labute approximate surface area is 110 Å². The molecule has 2 rings (SSSR count). The van der Waals surface area contributed by atoms with Gasteiger partial charge in [0.15, 0.2) is 12.4 Å². The van der Waals surface area contributed by atoms with Crippen LogP contribution in [0.1, 0.15) is 4.88 Å². The molecule has 5 heteroatoms. The number of hydrazine groups is 1. The molecule has 0 aliphatic rings. The lowest BCUT2D eigenvalue weighted by Crippen LogP contribution is -2.46. The molecule has 2 heterocycles. The lowest BCUT2D eigenvalue weighted by Gasteiger charge is -2.07. The number of aromatic nitrogens is 1. The van der Waals surface area contributed by atoms with Crippen molar-refractivity contribution in [3.63, 3.8) is 0 Å². The van der Waals surface area contributed by atoms with E-state index in [1.807, 2.05) is 48.1 Å². The van der Waals surface area contributed by atoms with Crippen molar-refractivity contribution in [1.82, 2.24) is 10.9 Å². The summed E-state index contributed by atoms with van der Waals surface area (Å²) in [5, 5.41) is 1.96. The van der Waals surface area contributed by atoms with Crippen LogP contribution in [0, 0.1) is 0 Å². The van der Waals surface area contributed by atoms with Crippen molar-refractivity contribution >= 4 is 22.9 Å². The van der Waals surface area contributed by atoms with Gasteiger partial charge in [0.2, 0.25) is 6.54 Å². The average Bonchev–Trinajstić information content (AvgIpc) is 2.91. The van der Waals surface area contributed by atoms with E-state index in [-0.39, 0.29) is 12.5 Å².